The molecule has 0 radical (unpaired) electrons. The molecule has 100 valence electrons. The first-order valence-corrected chi connectivity index (χ1v) is 7.18. The summed E-state index contributed by atoms with van der Waals surface area (Å²) < 4.78 is 31.3. The lowest BCUT2D eigenvalue weighted by Crippen LogP contribution is -2.35. The van der Waals surface area contributed by atoms with Crippen LogP contribution in [0.25, 0.3) is 0 Å². The topological polar surface area (TPSA) is 101 Å². The van der Waals surface area contributed by atoms with E-state index in [-0.39, 0.29) is 5.95 Å². The molecule has 2 rings (SSSR count). The van der Waals surface area contributed by atoms with E-state index in [4.69, 9.17) is 0 Å². The number of ether oxygens (including phenoxy) is 1. The highest BCUT2D eigenvalue weighted by atomic mass is 32.2. The molecule has 1 heterocycles. The van der Waals surface area contributed by atoms with Crippen LogP contribution >= 0.6 is 0 Å². The van der Waals surface area contributed by atoms with Crippen molar-refractivity contribution in [2.45, 2.75) is 24.5 Å². The minimum absolute atomic E-state index is 0.158. The molecule has 1 aromatic heterocycles. The van der Waals surface area contributed by atoms with Crippen molar-refractivity contribution in [1.29, 1.82) is 0 Å². The van der Waals surface area contributed by atoms with Gasteiger partial charge in [-0.1, -0.05) is 6.42 Å². The molecule has 7 nitrogen and oxygen atoms in total. The molecule has 2 atom stereocenters. The van der Waals surface area contributed by atoms with Crippen LogP contribution in [-0.2, 0) is 19.6 Å². The number of methoxy groups -OCH3 is 1. The van der Waals surface area contributed by atoms with Gasteiger partial charge in [0, 0.05) is 12.4 Å². The van der Waals surface area contributed by atoms with Crippen LogP contribution in [0.3, 0.4) is 0 Å². The Bertz CT molecular complexity index is 511. The van der Waals surface area contributed by atoms with Crippen LogP contribution in [0.2, 0.25) is 0 Å². The minimum Gasteiger partial charge on any atom is -0.469 e. The fraction of sp³-hybridized carbons (Fsp3) is 0.600. The average molecular weight is 273 g/mol. The van der Waals surface area contributed by atoms with Crippen LogP contribution in [0.4, 0.5) is 5.95 Å². The molecule has 0 amide bonds. The van der Waals surface area contributed by atoms with E-state index in [1.54, 1.807) is 0 Å². The van der Waals surface area contributed by atoms with Crippen LogP contribution in [0, 0.1) is 5.92 Å². The van der Waals surface area contributed by atoms with Gasteiger partial charge in [0.1, 0.15) is 0 Å². The second kappa shape index (κ2) is 4.97. The Kier molecular flexibility index (Phi) is 3.55. The molecule has 0 aliphatic heterocycles. The van der Waals surface area contributed by atoms with Gasteiger partial charge < -0.3 is 9.72 Å². The van der Waals surface area contributed by atoms with Crippen molar-refractivity contribution >= 4 is 21.9 Å². The first-order valence-electron chi connectivity index (χ1n) is 5.63. The van der Waals surface area contributed by atoms with E-state index in [0.29, 0.717) is 19.3 Å². The molecule has 1 saturated carbocycles. The summed E-state index contributed by atoms with van der Waals surface area (Å²) >= 11 is 0. The van der Waals surface area contributed by atoms with E-state index in [1.165, 1.54) is 19.5 Å². The number of hydrogen-bond acceptors (Lipinski definition) is 5. The predicted molar refractivity (Wildman–Crippen MR) is 64.3 cm³/mol. The number of carbonyl (C=O) groups excluding carboxylic acids is 1. The molecule has 0 aromatic carbocycles. The predicted octanol–water partition coefficient (Wildman–Crippen LogP) is 0.493. The van der Waals surface area contributed by atoms with E-state index in [1.807, 2.05) is 0 Å². The average Bonchev–Trinajstić information content (AvgIpc) is 2.97. The molecule has 0 bridgehead atoms. The van der Waals surface area contributed by atoms with E-state index in [0.717, 1.165) is 0 Å². The number of imidazole rings is 1. The molecule has 1 aliphatic rings. The van der Waals surface area contributed by atoms with Crippen LogP contribution in [0.1, 0.15) is 19.3 Å². The van der Waals surface area contributed by atoms with Gasteiger partial charge in [0.2, 0.25) is 16.0 Å². The highest BCUT2D eigenvalue weighted by molar-refractivity contribution is 7.93. The van der Waals surface area contributed by atoms with Gasteiger partial charge in [-0.25, -0.2) is 13.4 Å². The number of anilines is 1. The lowest BCUT2D eigenvalue weighted by molar-refractivity contribution is -0.145. The summed E-state index contributed by atoms with van der Waals surface area (Å²) in [5.41, 5.74) is 0. The lowest BCUT2D eigenvalue weighted by Gasteiger charge is -2.17. The van der Waals surface area contributed by atoms with Gasteiger partial charge in [-0.05, 0) is 12.8 Å². The molecule has 1 fully saturated rings. The molecule has 0 spiro atoms. The normalized spacial score (nSPS) is 23.8. The van der Waals surface area contributed by atoms with Crippen LogP contribution in [-0.4, -0.2) is 36.7 Å². The number of nitrogens with one attached hydrogen (secondary N) is 2. The Morgan fingerprint density at radius 1 is 1.56 bits per heavy atom. The standard InChI is InChI=1S/C10H15N3O4S/c1-17-9(14)7-3-2-4-8(7)18(15,16)13-10-11-5-6-12-10/h5-8H,2-4H2,1H3,(H2,11,12,13). The molecule has 18 heavy (non-hydrogen) atoms. The molecular weight excluding hydrogens is 258 g/mol. The monoisotopic (exact) mass is 273 g/mol. The molecular formula is C10H15N3O4S. The van der Waals surface area contributed by atoms with Crippen molar-refractivity contribution in [3.05, 3.63) is 12.4 Å². The van der Waals surface area contributed by atoms with Crippen molar-refractivity contribution in [2.75, 3.05) is 11.8 Å². The van der Waals surface area contributed by atoms with Crippen molar-refractivity contribution in [2.24, 2.45) is 5.92 Å². The van der Waals surface area contributed by atoms with E-state index in [2.05, 4.69) is 19.4 Å². The summed E-state index contributed by atoms with van der Waals surface area (Å²) in [6, 6.07) is 0. The Balaban J connectivity index is 2.16. The number of hydrogen-bond donors (Lipinski definition) is 2. The van der Waals surface area contributed by atoms with Gasteiger partial charge in [0.15, 0.2) is 0 Å². The number of H-pyrrole nitrogens is 1. The summed E-state index contributed by atoms with van der Waals surface area (Å²) in [5.74, 6) is -0.907. The quantitative estimate of drug-likeness (QED) is 0.778. The lowest BCUT2D eigenvalue weighted by atomic mass is 10.1. The number of carbonyl (C=O) groups is 1. The SMILES string of the molecule is COC(=O)C1CCCC1S(=O)(=O)Nc1ncc[nH]1. The summed E-state index contributed by atoms with van der Waals surface area (Å²) in [6.07, 6.45) is 4.66. The summed E-state index contributed by atoms with van der Waals surface area (Å²) in [6.45, 7) is 0. The van der Waals surface area contributed by atoms with Crippen molar-refractivity contribution in [3.8, 4) is 0 Å². The zero-order valence-corrected chi connectivity index (χ0v) is 10.7. The smallest absolute Gasteiger partial charge is 0.310 e. The zero-order valence-electron chi connectivity index (χ0n) is 9.92. The first kappa shape index (κ1) is 12.9. The van der Waals surface area contributed by atoms with Gasteiger partial charge in [-0.2, -0.15) is 0 Å². The summed E-state index contributed by atoms with van der Waals surface area (Å²) in [4.78, 5) is 18.0. The van der Waals surface area contributed by atoms with Crippen LogP contribution < -0.4 is 4.72 Å². The number of esters is 1. The molecule has 0 saturated heterocycles. The molecule has 8 heteroatoms. The third kappa shape index (κ3) is 2.47. The number of aromatic amines is 1. The minimum atomic E-state index is -3.63. The van der Waals surface area contributed by atoms with Crippen LogP contribution in [0.5, 0.6) is 0 Å². The fourth-order valence-electron chi connectivity index (χ4n) is 2.25. The fourth-order valence-corrected chi connectivity index (χ4v) is 3.94. The van der Waals surface area contributed by atoms with Gasteiger partial charge in [0.25, 0.3) is 0 Å². The van der Waals surface area contributed by atoms with Crippen molar-refractivity contribution in [1.82, 2.24) is 9.97 Å². The Labute approximate surface area is 105 Å². The number of sulfonamides is 1. The summed E-state index contributed by atoms with van der Waals surface area (Å²) in [5, 5.41) is -0.755. The molecule has 2 unspecified atom stereocenters. The molecule has 1 aliphatic carbocycles. The maximum atomic E-state index is 12.2. The number of aromatic nitrogens is 2. The van der Waals surface area contributed by atoms with Gasteiger partial charge in [-0.3, -0.25) is 9.52 Å². The molecule has 1 aromatic rings. The third-order valence-corrected chi connectivity index (χ3v) is 4.93. The van der Waals surface area contributed by atoms with Crippen LogP contribution in [0.15, 0.2) is 12.4 Å². The number of rotatable bonds is 4. The Morgan fingerprint density at radius 2 is 2.33 bits per heavy atom. The van der Waals surface area contributed by atoms with Crippen molar-refractivity contribution in [3.63, 3.8) is 0 Å². The number of nitrogens with zero attached hydrogens (tertiary/aromatic N) is 1. The van der Waals surface area contributed by atoms with Crippen molar-refractivity contribution < 1.29 is 17.9 Å². The van der Waals surface area contributed by atoms with E-state index in [9.17, 15) is 13.2 Å². The van der Waals surface area contributed by atoms with Gasteiger partial charge in [-0.15, -0.1) is 0 Å². The maximum Gasteiger partial charge on any atom is 0.310 e. The first-order chi connectivity index (χ1) is 8.54. The van der Waals surface area contributed by atoms with Gasteiger partial charge in [0.05, 0.1) is 18.3 Å². The Morgan fingerprint density at radius 3 is 2.94 bits per heavy atom. The second-order valence-corrected chi connectivity index (χ2v) is 6.08. The second-order valence-electron chi connectivity index (χ2n) is 4.18. The zero-order chi connectivity index (χ0) is 13.2. The highest BCUT2D eigenvalue weighted by Crippen LogP contribution is 2.32. The maximum absolute atomic E-state index is 12.2. The highest BCUT2D eigenvalue weighted by Gasteiger charge is 2.42. The van der Waals surface area contributed by atoms with E-state index >= 15 is 0 Å². The largest absolute Gasteiger partial charge is 0.469 e. The summed E-state index contributed by atoms with van der Waals surface area (Å²) in [7, 11) is -2.36. The molecule has 2 N–H and O–H groups in total. The van der Waals surface area contributed by atoms with Gasteiger partial charge >= 0.3 is 5.97 Å². The van der Waals surface area contributed by atoms with E-state index < -0.39 is 27.2 Å². The Hall–Kier alpha value is -1.57. The third-order valence-electron chi connectivity index (χ3n) is 3.09.